The molecule has 1 saturated heterocycles. The van der Waals surface area contributed by atoms with Crippen molar-refractivity contribution in [1.29, 1.82) is 0 Å². The van der Waals surface area contributed by atoms with Gasteiger partial charge in [0.15, 0.2) is 6.61 Å². The number of halogens is 3. The van der Waals surface area contributed by atoms with Crippen LogP contribution in [0.15, 0.2) is 24.3 Å². The zero-order valence-corrected chi connectivity index (χ0v) is 15.1. The first kappa shape index (κ1) is 19.5. The fourth-order valence-electron chi connectivity index (χ4n) is 3.83. The average Bonchev–Trinajstić information content (AvgIpc) is 2.62. The van der Waals surface area contributed by atoms with Crippen LogP contribution >= 0.6 is 0 Å². The van der Waals surface area contributed by atoms with Crippen LogP contribution in [0, 0.1) is 0 Å². The molecule has 1 saturated carbocycles. The third-order valence-corrected chi connectivity index (χ3v) is 5.18. The lowest BCUT2D eigenvalue weighted by Crippen LogP contribution is -2.38. The highest BCUT2D eigenvalue weighted by Crippen LogP contribution is 2.26. The number of benzene rings is 1. The van der Waals surface area contributed by atoms with Crippen molar-refractivity contribution in [3.8, 4) is 5.75 Å². The molecule has 3 nitrogen and oxygen atoms in total. The Morgan fingerprint density at radius 3 is 2.35 bits per heavy atom. The van der Waals surface area contributed by atoms with E-state index in [0.717, 1.165) is 38.0 Å². The van der Waals surface area contributed by atoms with Gasteiger partial charge in [0.1, 0.15) is 5.75 Å². The molecule has 0 atom stereocenters. The van der Waals surface area contributed by atoms with Gasteiger partial charge in [-0.25, -0.2) is 0 Å². The molecule has 6 heteroatoms. The molecule has 26 heavy (non-hydrogen) atoms. The summed E-state index contributed by atoms with van der Waals surface area (Å²) >= 11 is 0. The summed E-state index contributed by atoms with van der Waals surface area (Å²) in [6.45, 7) is 1.41. The van der Waals surface area contributed by atoms with Crippen LogP contribution in [0.25, 0.3) is 0 Å². The minimum absolute atomic E-state index is 0.273. The van der Waals surface area contributed by atoms with Crippen molar-refractivity contribution in [3.05, 3.63) is 29.8 Å². The monoisotopic (exact) mass is 371 g/mol. The number of rotatable bonds is 6. The summed E-state index contributed by atoms with van der Waals surface area (Å²) in [6.07, 6.45) is 4.86. The maximum Gasteiger partial charge on any atom is 0.422 e. The van der Waals surface area contributed by atoms with E-state index in [4.69, 9.17) is 9.47 Å². The summed E-state index contributed by atoms with van der Waals surface area (Å²) in [5.41, 5.74) is 0.983. The first-order valence-electron chi connectivity index (χ1n) is 9.64. The maximum absolute atomic E-state index is 12.3. The Balaban J connectivity index is 1.42. The van der Waals surface area contributed by atoms with E-state index in [1.807, 2.05) is 6.07 Å². The Bertz CT molecular complexity index is 550. The average molecular weight is 371 g/mol. The van der Waals surface area contributed by atoms with Gasteiger partial charge in [0.05, 0.1) is 12.2 Å². The minimum Gasteiger partial charge on any atom is -0.484 e. The van der Waals surface area contributed by atoms with Crippen molar-refractivity contribution in [2.75, 3.05) is 19.7 Å². The normalized spacial score (nSPS) is 21.0. The largest absolute Gasteiger partial charge is 0.484 e. The van der Waals surface area contributed by atoms with Crippen LogP contribution in [0.1, 0.15) is 50.5 Å². The summed E-state index contributed by atoms with van der Waals surface area (Å²) in [6, 6.07) is 6.96. The van der Waals surface area contributed by atoms with Gasteiger partial charge in [0, 0.05) is 19.6 Å². The van der Waals surface area contributed by atoms with E-state index in [0.29, 0.717) is 12.2 Å². The zero-order chi connectivity index (χ0) is 18.4. The van der Waals surface area contributed by atoms with Gasteiger partial charge in [0.2, 0.25) is 0 Å². The SMILES string of the molecule is FC(F)(F)COc1cccc(CN2CCC(OC3CCCCC3)CC2)c1. The van der Waals surface area contributed by atoms with Crippen molar-refractivity contribution in [2.45, 2.75) is 69.9 Å². The van der Waals surface area contributed by atoms with Crippen molar-refractivity contribution in [2.24, 2.45) is 0 Å². The van der Waals surface area contributed by atoms with Gasteiger partial charge >= 0.3 is 6.18 Å². The molecule has 3 rings (SSSR count). The lowest BCUT2D eigenvalue weighted by atomic mass is 9.97. The van der Waals surface area contributed by atoms with Gasteiger partial charge in [-0.05, 0) is 43.4 Å². The second-order valence-electron chi connectivity index (χ2n) is 7.42. The highest BCUT2D eigenvalue weighted by atomic mass is 19.4. The molecule has 0 unspecified atom stereocenters. The van der Waals surface area contributed by atoms with Crippen molar-refractivity contribution < 1.29 is 22.6 Å². The van der Waals surface area contributed by atoms with Crippen molar-refractivity contribution in [3.63, 3.8) is 0 Å². The lowest BCUT2D eigenvalue weighted by molar-refractivity contribution is -0.153. The zero-order valence-electron chi connectivity index (χ0n) is 15.1. The molecule has 1 aliphatic carbocycles. The molecule has 1 aromatic rings. The Morgan fingerprint density at radius 1 is 0.962 bits per heavy atom. The lowest BCUT2D eigenvalue weighted by Gasteiger charge is -2.35. The van der Waals surface area contributed by atoms with E-state index in [9.17, 15) is 13.2 Å². The van der Waals surface area contributed by atoms with Gasteiger partial charge in [-0.1, -0.05) is 31.4 Å². The molecule has 2 aliphatic rings. The summed E-state index contributed by atoms with van der Waals surface area (Å²) in [4.78, 5) is 2.34. The van der Waals surface area contributed by atoms with E-state index in [1.54, 1.807) is 18.2 Å². The smallest absolute Gasteiger partial charge is 0.422 e. The quantitative estimate of drug-likeness (QED) is 0.707. The van der Waals surface area contributed by atoms with E-state index in [1.165, 1.54) is 32.1 Å². The number of likely N-dealkylation sites (tertiary alicyclic amines) is 1. The van der Waals surface area contributed by atoms with Crippen LogP contribution in [0.2, 0.25) is 0 Å². The highest BCUT2D eigenvalue weighted by molar-refractivity contribution is 5.28. The van der Waals surface area contributed by atoms with E-state index in [2.05, 4.69) is 4.90 Å². The van der Waals surface area contributed by atoms with Crippen LogP contribution in [-0.2, 0) is 11.3 Å². The minimum atomic E-state index is -4.31. The molecule has 1 heterocycles. The summed E-state index contributed by atoms with van der Waals surface area (Å²) < 4.78 is 47.9. The Morgan fingerprint density at radius 2 is 1.65 bits per heavy atom. The van der Waals surface area contributed by atoms with Crippen LogP contribution in [0.4, 0.5) is 13.2 Å². The standard InChI is InChI=1S/C20H28F3NO2/c21-20(22,23)15-25-19-8-4-5-16(13-19)14-24-11-9-18(10-12-24)26-17-6-2-1-3-7-17/h4-5,8,13,17-18H,1-3,6-7,9-12,14-15H2. The molecular formula is C20H28F3NO2. The fraction of sp³-hybridized carbons (Fsp3) is 0.700. The fourth-order valence-corrected chi connectivity index (χ4v) is 3.83. The van der Waals surface area contributed by atoms with E-state index in [-0.39, 0.29) is 5.75 Å². The molecule has 0 N–H and O–H groups in total. The molecule has 0 amide bonds. The van der Waals surface area contributed by atoms with Crippen LogP contribution in [0.5, 0.6) is 5.75 Å². The Labute approximate surface area is 153 Å². The van der Waals surface area contributed by atoms with E-state index < -0.39 is 12.8 Å². The number of piperidine rings is 1. The van der Waals surface area contributed by atoms with Gasteiger partial charge in [-0.2, -0.15) is 13.2 Å². The summed E-state index contributed by atoms with van der Waals surface area (Å²) in [5.74, 6) is 0.273. The third kappa shape index (κ3) is 6.47. The van der Waals surface area contributed by atoms with Crippen LogP contribution in [-0.4, -0.2) is 43.0 Å². The third-order valence-electron chi connectivity index (χ3n) is 5.18. The van der Waals surface area contributed by atoms with Gasteiger partial charge in [-0.3, -0.25) is 4.90 Å². The molecule has 0 radical (unpaired) electrons. The first-order valence-corrected chi connectivity index (χ1v) is 9.64. The molecule has 0 aromatic heterocycles. The molecular weight excluding hydrogens is 343 g/mol. The van der Waals surface area contributed by atoms with Gasteiger partial charge in [-0.15, -0.1) is 0 Å². The number of hydrogen-bond acceptors (Lipinski definition) is 3. The van der Waals surface area contributed by atoms with Crippen LogP contribution in [0.3, 0.4) is 0 Å². The maximum atomic E-state index is 12.3. The molecule has 146 valence electrons. The van der Waals surface area contributed by atoms with Crippen LogP contribution < -0.4 is 4.74 Å². The van der Waals surface area contributed by atoms with Crippen molar-refractivity contribution >= 4 is 0 Å². The van der Waals surface area contributed by atoms with E-state index >= 15 is 0 Å². The topological polar surface area (TPSA) is 21.7 Å². The Hall–Kier alpha value is -1.27. The molecule has 2 fully saturated rings. The predicted octanol–water partition coefficient (Wildman–Crippen LogP) is 4.94. The number of ether oxygens (including phenoxy) is 2. The number of alkyl halides is 3. The summed E-state index contributed by atoms with van der Waals surface area (Å²) in [5, 5.41) is 0. The molecule has 0 spiro atoms. The molecule has 0 bridgehead atoms. The second-order valence-corrected chi connectivity index (χ2v) is 7.42. The first-order chi connectivity index (χ1) is 12.5. The second kappa shape index (κ2) is 9.09. The van der Waals surface area contributed by atoms with Crippen molar-refractivity contribution in [1.82, 2.24) is 4.90 Å². The summed E-state index contributed by atoms with van der Waals surface area (Å²) in [7, 11) is 0. The van der Waals surface area contributed by atoms with Gasteiger partial charge < -0.3 is 9.47 Å². The molecule has 1 aliphatic heterocycles. The Kier molecular flexibility index (Phi) is 6.81. The molecule has 1 aromatic carbocycles. The number of nitrogens with zero attached hydrogens (tertiary/aromatic N) is 1. The van der Waals surface area contributed by atoms with Gasteiger partial charge in [0.25, 0.3) is 0 Å². The predicted molar refractivity (Wildman–Crippen MR) is 94.2 cm³/mol. The highest BCUT2D eigenvalue weighted by Gasteiger charge is 2.28. The number of hydrogen-bond donors (Lipinski definition) is 0.